The Labute approximate surface area is 110 Å². The summed E-state index contributed by atoms with van der Waals surface area (Å²) < 4.78 is 5.70. The van der Waals surface area contributed by atoms with Gasteiger partial charge < -0.3 is 15.8 Å². The Morgan fingerprint density at radius 1 is 1.28 bits per heavy atom. The molecule has 2 rings (SSSR count). The van der Waals surface area contributed by atoms with Gasteiger partial charge in [0.1, 0.15) is 0 Å². The van der Waals surface area contributed by atoms with E-state index in [1.165, 1.54) is 38.5 Å². The lowest BCUT2D eigenvalue weighted by molar-refractivity contribution is -0.0308. The molecule has 0 aliphatic heterocycles. The molecule has 2 saturated carbocycles. The van der Waals surface area contributed by atoms with Gasteiger partial charge in [0.25, 0.3) is 0 Å². The first-order chi connectivity index (χ1) is 8.74. The number of rotatable bonds is 5. The van der Waals surface area contributed by atoms with Gasteiger partial charge in [-0.15, -0.1) is 0 Å². The van der Waals surface area contributed by atoms with E-state index in [0.717, 1.165) is 25.3 Å². The summed E-state index contributed by atoms with van der Waals surface area (Å²) in [7, 11) is 1.80. The topological polar surface area (TPSA) is 59.6 Å². The predicted octanol–water partition coefficient (Wildman–Crippen LogP) is 2.04. The van der Waals surface area contributed by atoms with E-state index in [9.17, 15) is 0 Å². The van der Waals surface area contributed by atoms with Gasteiger partial charge in [0.05, 0.1) is 12.1 Å². The van der Waals surface area contributed by atoms with Crippen LogP contribution in [0.15, 0.2) is 4.99 Å². The van der Waals surface area contributed by atoms with E-state index in [4.69, 9.17) is 10.5 Å². The van der Waals surface area contributed by atoms with Gasteiger partial charge in [-0.05, 0) is 31.6 Å². The zero-order valence-electron chi connectivity index (χ0n) is 11.6. The first-order valence-corrected chi connectivity index (χ1v) is 7.33. The van der Waals surface area contributed by atoms with Gasteiger partial charge in [0, 0.05) is 13.7 Å². The molecule has 0 saturated heterocycles. The second kappa shape index (κ2) is 6.41. The smallest absolute Gasteiger partial charge is 0.188 e. The summed E-state index contributed by atoms with van der Waals surface area (Å²) in [4.78, 5) is 4.48. The zero-order valence-corrected chi connectivity index (χ0v) is 11.6. The molecule has 0 atom stereocenters. The molecule has 2 aliphatic rings. The van der Waals surface area contributed by atoms with Crippen LogP contribution in [0.1, 0.15) is 51.4 Å². The monoisotopic (exact) mass is 253 g/mol. The third kappa shape index (κ3) is 3.61. The van der Waals surface area contributed by atoms with Gasteiger partial charge in [0.2, 0.25) is 0 Å². The molecule has 0 bridgehead atoms. The van der Waals surface area contributed by atoms with Crippen LogP contribution in [-0.2, 0) is 4.74 Å². The standard InChI is InChI=1S/C14H27N3O/c1-18-14(8-3-2-4-9-14)11-17-13(15)16-10-12-6-5-7-12/h12H,2-11H2,1H3,(H3,15,16,17). The molecule has 2 fully saturated rings. The number of methoxy groups -OCH3 is 1. The molecule has 4 nitrogen and oxygen atoms in total. The van der Waals surface area contributed by atoms with Crippen molar-refractivity contribution < 1.29 is 4.74 Å². The minimum Gasteiger partial charge on any atom is -0.376 e. The molecule has 0 heterocycles. The van der Waals surface area contributed by atoms with Crippen LogP contribution >= 0.6 is 0 Å². The molecule has 0 spiro atoms. The van der Waals surface area contributed by atoms with Crippen LogP contribution < -0.4 is 11.1 Å². The van der Waals surface area contributed by atoms with Gasteiger partial charge in [0.15, 0.2) is 5.96 Å². The third-order valence-electron chi connectivity index (χ3n) is 4.53. The molecule has 104 valence electrons. The maximum atomic E-state index is 5.91. The fourth-order valence-electron chi connectivity index (χ4n) is 2.85. The van der Waals surface area contributed by atoms with Crippen molar-refractivity contribution in [3.63, 3.8) is 0 Å². The number of nitrogens with one attached hydrogen (secondary N) is 1. The van der Waals surface area contributed by atoms with Crippen molar-refractivity contribution >= 4 is 5.96 Å². The van der Waals surface area contributed by atoms with E-state index in [1.54, 1.807) is 7.11 Å². The Bertz CT molecular complexity index is 281. The highest BCUT2D eigenvalue weighted by molar-refractivity contribution is 5.77. The van der Waals surface area contributed by atoms with E-state index >= 15 is 0 Å². The largest absolute Gasteiger partial charge is 0.376 e. The molecular weight excluding hydrogens is 226 g/mol. The van der Waals surface area contributed by atoms with Crippen molar-refractivity contribution in [3.8, 4) is 0 Å². The van der Waals surface area contributed by atoms with Crippen LogP contribution in [0.2, 0.25) is 0 Å². The van der Waals surface area contributed by atoms with E-state index in [-0.39, 0.29) is 5.60 Å². The molecule has 0 amide bonds. The second-order valence-corrected chi connectivity index (χ2v) is 5.83. The molecule has 0 aromatic heterocycles. The van der Waals surface area contributed by atoms with Crippen LogP contribution in [0.5, 0.6) is 0 Å². The summed E-state index contributed by atoms with van der Waals surface area (Å²) in [6, 6.07) is 0. The first-order valence-electron chi connectivity index (χ1n) is 7.33. The van der Waals surface area contributed by atoms with Crippen LogP contribution in [0.25, 0.3) is 0 Å². The Morgan fingerprint density at radius 3 is 2.56 bits per heavy atom. The molecule has 0 aromatic carbocycles. The van der Waals surface area contributed by atoms with Crippen molar-refractivity contribution in [2.45, 2.75) is 57.0 Å². The summed E-state index contributed by atoms with van der Waals surface area (Å²) in [6.45, 7) is 1.68. The van der Waals surface area contributed by atoms with Crippen LogP contribution in [-0.4, -0.2) is 31.8 Å². The van der Waals surface area contributed by atoms with Gasteiger partial charge in [-0.2, -0.15) is 0 Å². The van der Waals surface area contributed by atoms with Gasteiger partial charge in [-0.3, -0.25) is 4.99 Å². The highest BCUT2D eigenvalue weighted by Crippen LogP contribution is 2.31. The minimum absolute atomic E-state index is 0.0545. The number of hydrogen-bond acceptors (Lipinski definition) is 2. The number of nitrogens with zero attached hydrogens (tertiary/aromatic N) is 1. The van der Waals surface area contributed by atoms with Crippen molar-refractivity contribution in [1.82, 2.24) is 5.32 Å². The Balaban J connectivity index is 1.75. The van der Waals surface area contributed by atoms with Gasteiger partial charge in [-0.25, -0.2) is 0 Å². The Morgan fingerprint density at radius 2 is 2.00 bits per heavy atom. The van der Waals surface area contributed by atoms with Crippen molar-refractivity contribution in [2.24, 2.45) is 16.6 Å². The third-order valence-corrected chi connectivity index (χ3v) is 4.53. The lowest BCUT2D eigenvalue weighted by atomic mass is 9.84. The lowest BCUT2D eigenvalue weighted by Gasteiger charge is -2.34. The minimum atomic E-state index is -0.0545. The first kappa shape index (κ1) is 13.7. The van der Waals surface area contributed by atoms with Crippen molar-refractivity contribution in [1.29, 1.82) is 0 Å². The summed E-state index contributed by atoms with van der Waals surface area (Å²) >= 11 is 0. The van der Waals surface area contributed by atoms with Crippen LogP contribution in [0.4, 0.5) is 0 Å². The van der Waals surface area contributed by atoms with Gasteiger partial charge in [-0.1, -0.05) is 25.7 Å². The van der Waals surface area contributed by atoms with E-state index in [0.29, 0.717) is 12.5 Å². The van der Waals surface area contributed by atoms with E-state index in [1.807, 2.05) is 0 Å². The number of ether oxygens (including phenoxy) is 1. The second-order valence-electron chi connectivity index (χ2n) is 5.83. The molecule has 0 radical (unpaired) electrons. The number of hydrogen-bond donors (Lipinski definition) is 2. The number of guanidine groups is 1. The maximum Gasteiger partial charge on any atom is 0.188 e. The summed E-state index contributed by atoms with van der Waals surface area (Å²) in [5.74, 6) is 1.40. The van der Waals surface area contributed by atoms with Crippen molar-refractivity contribution in [2.75, 3.05) is 20.2 Å². The number of nitrogens with two attached hydrogens (primary N) is 1. The fourth-order valence-corrected chi connectivity index (χ4v) is 2.85. The Hall–Kier alpha value is -0.770. The average Bonchev–Trinajstić information content (AvgIpc) is 2.36. The highest BCUT2D eigenvalue weighted by Gasteiger charge is 2.31. The highest BCUT2D eigenvalue weighted by atomic mass is 16.5. The normalized spacial score (nSPS) is 24.6. The molecule has 4 heteroatoms. The summed E-state index contributed by atoms with van der Waals surface area (Å²) in [5, 5.41) is 3.24. The van der Waals surface area contributed by atoms with E-state index < -0.39 is 0 Å². The quantitative estimate of drug-likeness (QED) is 0.582. The average molecular weight is 253 g/mol. The van der Waals surface area contributed by atoms with Gasteiger partial charge >= 0.3 is 0 Å². The zero-order chi connectivity index (χ0) is 12.8. The lowest BCUT2D eigenvalue weighted by Crippen LogP contribution is -2.41. The summed E-state index contributed by atoms with van der Waals surface area (Å²) in [5.41, 5.74) is 5.86. The van der Waals surface area contributed by atoms with Crippen LogP contribution in [0.3, 0.4) is 0 Å². The molecule has 18 heavy (non-hydrogen) atoms. The van der Waals surface area contributed by atoms with Crippen LogP contribution in [0, 0.1) is 5.92 Å². The predicted molar refractivity (Wildman–Crippen MR) is 74.7 cm³/mol. The fraction of sp³-hybridized carbons (Fsp3) is 0.929. The number of aliphatic imine (C=N–C) groups is 1. The molecular formula is C14H27N3O. The molecule has 2 aliphatic carbocycles. The SMILES string of the molecule is COC1(CN=C(N)NCC2CCC2)CCCCC1. The van der Waals surface area contributed by atoms with E-state index in [2.05, 4.69) is 10.3 Å². The Kier molecular flexibility index (Phi) is 4.87. The molecule has 3 N–H and O–H groups in total. The maximum absolute atomic E-state index is 5.91. The van der Waals surface area contributed by atoms with Crippen molar-refractivity contribution in [3.05, 3.63) is 0 Å². The molecule has 0 aromatic rings. The molecule has 0 unspecified atom stereocenters. The summed E-state index contributed by atoms with van der Waals surface area (Å²) in [6.07, 6.45) is 10.1.